The lowest BCUT2D eigenvalue weighted by atomic mass is 10.2. The minimum atomic E-state index is -0.331. The van der Waals surface area contributed by atoms with E-state index in [2.05, 4.69) is 10.6 Å². The van der Waals surface area contributed by atoms with Crippen LogP contribution >= 0.6 is 0 Å². The SMILES string of the molecule is C[C@H](CCO)NC(=O)NCc1ccc(N(C)C)c(F)c1. The molecule has 0 saturated carbocycles. The van der Waals surface area contributed by atoms with E-state index >= 15 is 0 Å². The molecule has 20 heavy (non-hydrogen) atoms. The molecule has 3 N–H and O–H groups in total. The van der Waals surface area contributed by atoms with Crippen molar-refractivity contribution in [1.29, 1.82) is 0 Å². The van der Waals surface area contributed by atoms with Crippen molar-refractivity contribution >= 4 is 11.7 Å². The number of rotatable bonds is 6. The highest BCUT2D eigenvalue weighted by molar-refractivity contribution is 5.74. The Labute approximate surface area is 118 Å². The van der Waals surface area contributed by atoms with Gasteiger partial charge in [-0.05, 0) is 31.0 Å². The number of aliphatic hydroxyl groups is 1. The third-order valence-corrected chi connectivity index (χ3v) is 2.89. The summed E-state index contributed by atoms with van der Waals surface area (Å²) >= 11 is 0. The van der Waals surface area contributed by atoms with Gasteiger partial charge in [-0.25, -0.2) is 9.18 Å². The molecule has 2 amide bonds. The van der Waals surface area contributed by atoms with Gasteiger partial charge in [0.1, 0.15) is 5.82 Å². The molecule has 1 aromatic rings. The van der Waals surface area contributed by atoms with Gasteiger partial charge in [0.15, 0.2) is 0 Å². The van der Waals surface area contributed by atoms with Crippen molar-refractivity contribution in [2.24, 2.45) is 0 Å². The van der Waals surface area contributed by atoms with Crippen LogP contribution in [0.3, 0.4) is 0 Å². The molecular formula is C14H22FN3O2. The molecule has 0 saturated heterocycles. The summed E-state index contributed by atoms with van der Waals surface area (Å²) in [4.78, 5) is 13.2. The van der Waals surface area contributed by atoms with E-state index in [1.165, 1.54) is 6.07 Å². The molecule has 112 valence electrons. The predicted molar refractivity (Wildman–Crippen MR) is 77.3 cm³/mol. The first-order chi connectivity index (χ1) is 9.43. The number of anilines is 1. The monoisotopic (exact) mass is 283 g/mol. The second-order valence-electron chi connectivity index (χ2n) is 4.92. The number of halogens is 1. The van der Waals surface area contributed by atoms with Gasteiger partial charge in [0.25, 0.3) is 0 Å². The van der Waals surface area contributed by atoms with Gasteiger partial charge >= 0.3 is 6.03 Å². The number of carbonyl (C=O) groups excluding carboxylic acids is 1. The lowest BCUT2D eigenvalue weighted by Crippen LogP contribution is -2.40. The van der Waals surface area contributed by atoms with Gasteiger partial charge in [-0.15, -0.1) is 0 Å². The van der Waals surface area contributed by atoms with E-state index in [1.807, 2.05) is 0 Å². The van der Waals surface area contributed by atoms with Crippen LogP contribution in [-0.4, -0.2) is 37.9 Å². The molecule has 0 aromatic heterocycles. The maximum absolute atomic E-state index is 13.7. The summed E-state index contributed by atoms with van der Waals surface area (Å²) in [7, 11) is 3.54. The lowest BCUT2D eigenvalue weighted by Gasteiger charge is -2.15. The van der Waals surface area contributed by atoms with Gasteiger partial charge in [-0.2, -0.15) is 0 Å². The van der Waals surface area contributed by atoms with E-state index in [9.17, 15) is 9.18 Å². The number of carbonyl (C=O) groups is 1. The number of nitrogens with one attached hydrogen (secondary N) is 2. The molecule has 6 heteroatoms. The second-order valence-corrected chi connectivity index (χ2v) is 4.92. The molecule has 0 fully saturated rings. The molecule has 0 unspecified atom stereocenters. The van der Waals surface area contributed by atoms with E-state index in [-0.39, 0.29) is 31.0 Å². The first-order valence-corrected chi connectivity index (χ1v) is 6.55. The normalized spacial score (nSPS) is 11.8. The highest BCUT2D eigenvalue weighted by atomic mass is 19.1. The lowest BCUT2D eigenvalue weighted by molar-refractivity contribution is 0.230. The fraction of sp³-hybridized carbons (Fsp3) is 0.500. The fourth-order valence-electron chi connectivity index (χ4n) is 1.75. The van der Waals surface area contributed by atoms with Gasteiger partial charge < -0.3 is 20.6 Å². The number of hydrogen-bond acceptors (Lipinski definition) is 3. The fourth-order valence-corrected chi connectivity index (χ4v) is 1.75. The minimum Gasteiger partial charge on any atom is -0.396 e. The van der Waals surface area contributed by atoms with Gasteiger partial charge in [0, 0.05) is 33.3 Å². The van der Waals surface area contributed by atoms with Crippen LogP contribution in [0.5, 0.6) is 0 Å². The smallest absolute Gasteiger partial charge is 0.315 e. The molecule has 1 rings (SSSR count). The number of aliphatic hydroxyl groups excluding tert-OH is 1. The number of amides is 2. The van der Waals surface area contributed by atoms with Crippen LogP contribution < -0.4 is 15.5 Å². The summed E-state index contributed by atoms with van der Waals surface area (Å²) in [5, 5.41) is 14.1. The molecule has 0 bridgehead atoms. The summed E-state index contributed by atoms with van der Waals surface area (Å²) in [6.45, 7) is 2.09. The molecule has 1 aromatic carbocycles. The largest absolute Gasteiger partial charge is 0.396 e. The summed E-state index contributed by atoms with van der Waals surface area (Å²) in [5.41, 5.74) is 1.20. The van der Waals surface area contributed by atoms with Crippen LogP contribution in [0.4, 0.5) is 14.9 Å². The Bertz CT molecular complexity index is 452. The number of urea groups is 1. The van der Waals surface area contributed by atoms with Crippen molar-refractivity contribution in [3.8, 4) is 0 Å². The number of nitrogens with zero attached hydrogens (tertiary/aromatic N) is 1. The molecular weight excluding hydrogens is 261 g/mol. The number of benzene rings is 1. The Morgan fingerprint density at radius 1 is 1.45 bits per heavy atom. The maximum atomic E-state index is 13.7. The first-order valence-electron chi connectivity index (χ1n) is 6.55. The van der Waals surface area contributed by atoms with Crippen molar-refractivity contribution in [2.75, 3.05) is 25.6 Å². The van der Waals surface area contributed by atoms with Crippen LogP contribution in [0.2, 0.25) is 0 Å². The van der Waals surface area contributed by atoms with E-state index in [0.29, 0.717) is 17.7 Å². The van der Waals surface area contributed by atoms with E-state index in [0.717, 1.165) is 0 Å². The molecule has 1 atom stereocenters. The second kappa shape index (κ2) is 7.69. The van der Waals surface area contributed by atoms with E-state index in [1.54, 1.807) is 38.1 Å². The van der Waals surface area contributed by atoms with Gasteiger partial charge in [0.2, 0.25) is 0 Å². The molecule has 0 aliphatic carbocycles. The van der Waals surface area contributed by atoms with E-state index < -0.39 is 0 Å². The topological polar surface area (TPSA) is 64.6 Å². The molecule has 0 aliphatic rings. The number of hydrogen-bond donors (Lipinski definition) is 3. The van der Waals surface area contributed by atoms with Crippen LogP contribution in [0.1, 0.15) is 18.9 Å². The summed E-state index contributed by atoms with van der Waals surface area (Å²) in [5.74, 6) is -0.316. The van der Waals surface area contributed by atoms with Crippen LogP contribution in [-0.2, 0) is 6.54 Å². The third kappa shape index (κ3) is 5.05. The molecule has 0 spiro atoms. The average molecular weight is 283 g/mol. The van der Waals surface area contributed by atoms with Crippen molar-refractivity contribution in [1.82, 2.24) is 10.6 Å². The van der Waals surface area contributed by atoms with Crippen LogP contribution in [0.25, 0.3) is 0 Å². The van der Waals surface area contributed by atoms with Crippen molar-refractivity contribution in [3.05, 3.63) is 29.6 Å². The quantitative estimate of drug-likeness (QED) is 0.740. The van der Waals surface area contributed by atoms with Gasteiger partial charge in [0.05, 0.1) is 5.69 Å². The molecule has 0 aliphatic heterocycles. The first kappa shape index (κ1) is 16.2. The van der Waals surface area contributed by atoms with E-state index in [4.69, 9.17) is 5.11 Å². The van der Waals surface area contributed by atoms with Crippen LogP contribution in [0, 0.1) is 5.82 Å². The zero-order valence-electron chi connectivity index (χ0n) is 12.1. The predicted octanol–water partition coefficient (Wildman–Crippen LogP) is 1.46. The highest BCUT2D eigenvalue weighted by Crippen LogP contribution is 2.18. The van der Waals surface area contributed by atoms with Crippen molar-refractivity contribution in [2.45, 2.75) is 25.9 Å². The molecule has 0 radical (unpaired) electrons. The molecule has 0 heterocycles. The maximum Gasteiger partial charge on any atom is 0.315 e. The van der Waals surface area contributed by atoms with Crippen LogP contribution in [0.15, 0.2) is 18.2 Å². The Hall–Kier alpha value is -1.82. The van der Waals surface area contributed by atoms with Gasteiger partial charge in [-0.1, -0.05) is 6.07 Å². The highest BCUT2D eigenvalue weighted by Gasteiger charge is 2.08. The minimum absolute atomic E-state index is 0.0264. The Morgan fingerprint density at radius 2 is 2.15 bits per heavy atom. The standard InChI is InChI=1S/C14H22FN3O2/c1-10(6-7-19)17-14(20)16-9-11-4-5-13(18(2)3)12(15)8-11/h4-5,8,10,19H,6-7,9H2,1-3H3,(H2,16,17,20)/t10-/m1/s1. The van der Waals surface area contributed by atoms with Gasteiger partial charge in [-0.3, -0.25) is 0 Å². The Kier molecular flexibility index (Phi) is 6.24. The summed E-state index contributed by atoms with van der Waals surface area (Å²) in [6, 6.07) is 4.43. The molecule has 5 nitrogen and oxygen atoms in total. The van der Waals surface area contributed by atoms with Crippen molar-refractivity contribution in [3.63, 3.8) is 0 Å². The zero-order chi connectivity index (χ0) is 15.1. The summed E-state index contributed by atoms with van der Waals surface area (Å²) in [6.07, 6.45) is 0.500. The zero-order valence-corrected chi connectivity index (χ0v) is 12.1. The van der Waals surface area contributed by atoms with Crippen molar-refractivity contribution < 1.29 is 14.3 Å². The average Bonchev–Trinajstić information content (AvgIpc) is 2.36. The third-order valence-electron chi connectivity index (χ3n) is 2.89. The summed E-state index contributed by atoms with van der Waals surface area (Å²) < 4.78 is 13.7. The Morgan fingerprint density at radius 3 is 2.70 bits per heavy atom. The Balaban J connectivity index is 2.49.